The summed E-state index contributed by atoms with van der Waals surface area (Å²) in [6.45, 7) is 0. The molecular weight excluding hydrogens is 244 g/mol. The van der Waals surface area contributed by atoms with Crippen molar-refractivity contribution in [3.8, 4) is 5.75 Å². The van der Waals surface area contributed by atoms with Gasteiger partial charge in [-0.25, -0.2) is 0 Å². The highest BCUT2D eigenvalue weighted by atomic mass is 32.1. The molecule has 3 rings (SSSR count). The van der Waals surface area contributed by atoms with Crippen LogP contribution in [0.1, 0.15) is 17.2 Å². The summed E-state index contributed by atoms with van der Waals surface area (Å²) >= 11 is 1.66. The third-order valence-electron chi connectivity index (χ3n) is 3.16. The predicted molar refractivity (Wildman–Crippen MR) is 75.2 cm³/mol. The van der Waals surface area contributed by atoms with E-state index in [1.54, 1.807) is 18.4 Å². The molecule has 2 aromatic heterocycles. The number of rotatable bonds is 3. The molecule has 92 valence electrons. The van der Waals surface area contributed by atoms with Gasteiger partial charge in [-0.05, 0) is 46.2 Å². The highest BCUT2D eigenvalue weighted by Gasteiger charge is 2.14. The largest absolute Gasteiger partial charge is 0.497 e. The summed E-state index contributed by atoms with van der Waals surface area (Å²) in [4.78, 5) is 3.25. The first-order valence-electron chi connectivity index (χ1n) is 5.72. The van der Waals surface area contributed by atoms with E-state index >= 15 is 0 Å². The lowest BCUT2D eigenvalue weighted by atomic mass is 10.0. The van der Waals surface area contributed by atoms with E-state index in [2.05, 4.69) is 16.4 Å². The normalized spacial score (nSPS) is 12.8. The summed E-state index contributed by atoms with van der Waals surface area (Å²) in [6.07, 6.45) is 1.98. The van der Waals surface area contributed by atoms with E-state index in [-0.39, 0.29) is 6.04 Å². The molecule has 0 radical (unpaired) electrons. The first-order valence-corrected chi connectivity index (χ1v) is 6.66. The fourth-order valence-electron chi connectivity index (χ4n) is 2.14. The van der Waals surface area contributed by atoms with E-state index < -0.39 is 0 Å². The van der Waals surface area contributed by atoms with Gasteiger partial charge in [0, 0.05) is 17.1 Å². The number of hydrogen-bond acceptors (Lipinski definition) is 3. The first kappa shape index (κ1) is 11.3. The van der Waals surface area contributed by atoms with Gasteiger partial charge in [-0.15, -0.1) is 0 Å². The fraction of sp³-hybridized carbons (Fsp3) is 0.143. The molecule has 0 saturated carbocycles. The second kappa shape index (κ2) is 4.48. The number of nitrogens with two attached hydrogens (primary N) is 1. The maximum atomic E-state index is 6.31. The molecule has 0 fully saturated rings. The maximum Gasteiger partial charge on any atom is 0.119 e. The molecule has 0 unspecified atom stereocenters. The van der Waals surface area contributed by atoms with E-state index in [9.17, 15) is 0 Å². The zero-order valence-electron chi connectivity index (χ0n) is 10.0. The Bertz CT molecular complexity index is 658. The van der Waals surface area contributed by atoms with Crippen LogP contribution in [0, 0.1) is 0 Å². The van der Waals surface area contributed by atoms with Crippen molar-refractivity contribution in [1.82, 2.24) is 4.98 Å². The lowest BCUT2D eigenvalue weighted by molar-refractivity contribution is 0.415. The maximum absolute atomic E-state index is 6.31. The number of methoxy groups -OCH3 is 1. The van der Waals surface area contributed by atoms with Crippen LogP contribution in [0.3, 0.4) is 0 Å². The van der Waals surface area contributed by atoms with Gasteiger partial charge >= 0.3 is 0 Å². The molecule has 3 N–H and O–H groups in total. The molecule has 0 aliphatic heterocycles. The molecule has 0 amide bonds. The molecule has 2 heterocycles. The van der Waals surface area contributed by atoms with Crippen molar-refractivity contribution in [3.05, 3.63) is 52.3 Å². The second-order valence-electron chi connectivity index (χ2n) is 4.19. The molecule has 18 heavy (non-hydrogen) atoms. The molecule has 3 nitrogen and oxygen atoms in total. The lowest BCUT2D eigenvalue weighted by Crippen LogP contribution is -2.10. The second-order valence-corrected chi connectivity index (χ2v) is 4.97. The Labute approximate surface area is 109 Å². The average molecular weight is 258 g/mol. The van der Waals surface area contributed by atoms with Crippen LogP contribution in [0.2, 0.25) is 0 Å². The summed E-state index contributed by atoms with van der Waals surface area (Å²) in [5, 5.41) is 5.25. The van der Waals surface area contributed by atoms with Gasteiger partial charge in [0.15, 0.2) is 0 Å². The fourth-order valence-corrected chi connectivity index (χ4v) is 2.83. The van der Waals surface area contributed by atoms with Crippen molar-refractivity contribution in [2.75, 3.05) is 7.11 Å². The summed E-state index contributed by atoms with van der Waals surface area (Å²) < 4.78 is 5.26. The van der Waals surface area contributed by atoms with Crippen molar-refractivity contribution in [2.45, 2.75) is 6.04 Å². The standard InChI is InChI=1S/C14H14N2OS/c1-17-10-2-3-13-11(6-10)12(7-16-13)14(15)9-4-5-18-8-9/h2-8,14,16H,15H2,1H3/t14-/m0/s1. The van der Waals surface area contributed by atoms with Crippen molar-refractivity contribution in [2.24, 2.45) is 5.73 Å². The molecule has 0 aliphatic rings. The molecule has 0 spiro atoms. The van der Waals surface area contributed by atoms with Gasteiger partial charge in [-0.2, -0.15) is 11.3 Å². The minimum Gasteiger partial charge on any atom is -0.497 e. The Morgan fingerprint density at radius 1 is 1.33 bits per heavy atom. The topological polar surface area (TPSA) is 51.0 Å². The van der Waals surface area contributed by atoms with Crippen LogP contribution in [0.15, 0.2) is 41.2 Å². The quantitative estimate of drug-likeness (QED) is 0.757. The SMILES string of the molecule is COc1ccc2[nH]cc([C@@H](N)c3ccsc3)c2c1. The van der Waals surface area contributed by atoms with Crippen LogP contribution in [0.4, 0.5) is 0 Å². The number of aromatic nitrogens is 1. The van der Waals surface area contributed by atoms with Crippen molar-refractivity contribution in [3.63, 3.8) is 0 Å². The van der Waals surface area contributed by atoms with Gasteiger partial charge < -0.3 is 15.5 Å². The predicted octanol–water partition coefficient (Wildman–Crippen LogP) is 3.29. The van der Waals surface area contributed by atoms with E-state index in [1.165, 1.54) is 0 Å². The third-order valence-corrected chi connectivity index (χ3v) is 3.86. The van der Waals surface area contributed by atoms with Gasteiger partial charge in [-0.1, -0.05) is 0 Å². The minimum atomic E-state index is -0.0999. The minimum absolute atomic E-state index is 0.0999. The number of hydrogen-bond donors (Lipinski definition) is 2. The summed E-state index contributed by atoms with van der Waals surface area (Å²) in [5.41, 5.74) is 9.63. The van der Waals surface area contributed by atoms with Crippen LogP contribution in [0.5, 0.6) is 5.75 Å². The summed E-state index contributed by atoms with van der Waals surface area (Å²) in [7, 11) is 1.67. The Morgan fingerprint density at radius 3 is 2.94 bits per heavy atom. The number of H-pyrrole nitrogens is 1. The lowest BCUT2D eigenvalue weighted by Gasteiger charge is -2.09. The number of thiophene rings is 1. The van der Waals surface area contributed by atoms with E-state index in [1.807, 2.05) is 29.8 Å². The molecule has 1 atom stereocenters. The van der Waals surface area contributed by atoms with Crippen LogP contribution >= 0.6 is 11.3 Å². The number of fused-ring (bicyclic) bond motifs is 1. The first-order chi connectivity index (χ1) is 8.79. The number of ether oxygens (including phenoxy) is 1. The number of benzene rings is 1. The molecular formula is C14H14N2OS. The van der Waals surface area contributed by atoms with Gasteiger partial charge in [0.05, 0.1) is 13.2 Å². The van der Waals surface area contributed by atoms with E-state index in [0.717, 1.165) is 27.8 Å². The highest BCUT2D eigenvalue weighted by molar-refractivity contribution is 7.08. The van der Waals surface area contributed by atoms with Gasteiger partial charge in [0.1, 0.15) is 5.75 Å². The van der Waals surface area contributed by atoms with Crippen LogP contribution in [-0.4, -0.2) is 12.1 Å². The summed E-state index contributed by atoms with van der Waals surface area (Å²) in [5.74, 6) is 0.848. The number of aromatic amines is 1. The highest BCUT2D eigenvalue weighted by Crippen LogP contribution is 2.30. The number of nitrogens with one attached hydrogen (secondary N) is 1. The van der Waals surface area contributed by atoms with Crippen LogP contribution in [-0.2, 0) is 0 Å². The molecule has 1 aromatic carbocycles. The van der Waals surface area contributed by atoms with Gasteiger partial charge in [0.2, 0.25) is 0 Å². The molecule has 3 aromatic rings. The Kier molecular flexibility index (Phi) is 2.81. The zero-order valence-corrected chi connectivity index (χ0v) is 10.8. The van der Waals surface area contributed by atoms with Crippen LogP contribution in [0.25, 0.3) is 10.9 Å². The third kappa shape index (κ3) is 1.79. The van der Waals surface area contributed by atoms with Gasteiger partial charge in [0.25, 0.3) is 0 Å². The molecule has 0 saturated heterocycles. The van der Waals surface area contributed by atoms with E-state index in [0.29, 0.717) is 0 Å². The Hall–Kier alpha value is -1.78. The van der Waals surface area contributed by atoms with Crippen molar-refractivity contribution >= 4 is 22.2 Å². The smallest absolute Gasteiger partial charge is 0.119 e. The monoisotopic (exact) mass is 258 g/mol. The van der Waals surface area contributed by atoms with Crippen molar-refractivity contribution in [1.29, 1.82) is 0 Å². The Balaban J connectivity index is 2.11. The Morgan fingerprint density at radius 2 is 2.22 bits per heavy atom. The van der Waals surface area contributed by atoms with Gasteiger partial charge in [-0.3, -0.25) is 0 Å². The van der Waals surface area contributed by atoms with Crippen molar-refractivity contribution < 1.29 is 4.74 Å². The molecule has 4 heteroatoms. The average Bonchev–Trinajstić information content (AvgIpc) is 3.06. The van der Waals surface area contributed by atoms with E-state index in [4.69, 9.17) is 10.5 Å². The van der Waals surface area contributed by atoms with Crippen LogP contribution < -0.4 is 10.5 Å². The molecule has 0 aliphatic carbocycles. The molecule has 0 bridgehead atoms. The zero-order chi connectivity index (χ0) is 12.5. The summed E-state index contributed by atoms with van der Waals surface area (Å²) in [6, 6.07) is 7.94.